The number of carbonyl (C=O) groups is 2. The van der Waals surface area contributed by atoms with Crippen molar-refractivity contribution in [3.05, 3.63) is 12.2 Å². The topological polar surface area (TPSA) is 86.6 Å². The van der Waals surface area contributed by atoms with Crippen molar-refractivity contribution in [2.75, 3.05) is 54.9 Å². The molecule has 1 unspecified atom stereocenters. The number of carboxylic acid groups (broad SMARTS) is 2. The average Bonchev–Trinajstić information content (AvgIpc) is 2.32. The first-order chi connectivity index (χ1) is 10.7. The minimum atomic E-state index is -0.752. The van der Waals surface area contributed by atoms with Crippen molar-refractivity contribution >= 4 is 11.9 Å². The van der Waals surface area contributed by atoms with Gasteiger partial charge in [-0.25, -0.2) is 4.79 Å². The molecule has 24 heavy (non-hydrogen) atoms. The molecule has 7 nitrogen and oxygen atoms in total. The quantitative estimate of drug-likeness (QED) is 0.314. The summed E-state index contributed by atoms with van der Waals surface area (Å²) in [5.74, 6) is -1.47. The molecule has 1 atom stereocenters. The second-order valence-corrected chi connectivity index (χ2v) is 7.86. The molecule has 3 N–H and O–H groups in total. The van der Waals surface area contributed by atoms with Crippen LogP contribution < -0.4 is 5.32 Å². The number of hydrogen-bond donors (Lipinski definition) is 3. The van der Waals surface area contributed by atoms with Gasteiger partial charge in [-0.15, -0.1) is 0 Å². The fraction of sp³-hybridized carbons (Fsp3) is 0.765. The van der Waals surface area contributed by atoms with Gasteiger partial charge in [0, 0.05) is 19.9 Å². The zero-order valence-corrected chi connectivity index (χ0v) is 16.4. The SMILES string of the molecule is C=C(C)CNC(C)[N+](C)(C)CCCC(=O)O.C[N+](C)(C)CC(=O)O. The Balaban J connectivity index is 0. The van der Waals surface area contributed by atoms with E-state index in [0.29, 0.717) is 17.1 Å². The van der Waals surface area contributed by atoms with Crippen LogP contribution in [0, 0.1) is 0 Å². The number of nitrogens with zero attached hydrogens (tertiary/aromatic N) is 2. The molecule has 0 saturated carbocycles. The number of quaternary nitrogens is 2. The summed E-state index contributed by atoms with van der Waals surface area (Å²) < 4.78 is 1.26. The molecule has 0 aromatic heterocycles. The Morgan fingerprint density at radius 1 is 1.08 bits per heavy atom. The fourth-order valence-corrected chi connectivity index (χ4v) is 1.81. The van der Waals surface area contributed by atoms with Crippen molar-refractivity contribution < 1.29 is 28.8 Å². The number of carboxylic acids is 2. The maximum atomic E-state index is 10.4. The van der Waals surface area contributed by atoms with E-state index in [4.69, 9.17) is 10.2 Å². The van der Waals surface area contributed by atoms with E-state index in [9.17, 15) is 9.59 Å². The van der Waals surface area contributed by atoms with Crippen LogP contribution in [0.1, 0.15) is 26.7 Å². The summed E-state index contributed by atoms with van der Waals surface area (Å²) in [6.07, 6.45) is 1.25. The van der Waals surface area contributed by atoms with Gasteiger partial charge < -0.3 is 19.2 Å². The van der Waals surface area contributed by atoms with E-state index >= 15 is 0 Å². The first kappa shape index (κ1) is 24.8. The third-order valence-electron chi connectivity index (χ3n) is 3.48. The summed E-state index contributed by atoms with van der Waals surface area (Å²) in [7, 11) is 9.74. The van der Waals surface area contributed by atoms with Crippen LogP contribution in [0.5, 0.6) is 0 Å². The van der Waals surface area contributed by atoms with Crippen LogP contribution in [0.3, 0.4) is 0 Å². The predicted molar refractivity (Wildman–Crippen MR) is 96.7 cm³/mol. The highest BCUT2D eigenvalue weighted by molar-refractivity contribution is 5.67. The van der Waals surface area contributed by atoms with Crippen LogP contribution in [0.25, 0.3) is 0 Å². The number of rotatable bonds is 10. The molecule has 0 amide bonds. The Kier molecular flexibility index (Phi) is 11.5. The van der Waals surface area contributed by atoms with Crippen molar-refractivity contribution in [1.29, 1.82) is 0 Å². The van der Waals surface area contributed by atoms with Gasteiger partial charge in [0.2, 0.25) is 0 Å². The van der Waals surface area contributed by atoms with Gasteiger partial charge >= 0.3 is 11.9 Å². The van der Waals surface area contributed by atoms with E-state index < -0.39 is 11.9 Å². The van der Waals surface area contributed by atoms with Crippen molar-refractivity contribution in [2.45, 2.75) is 32.9 Å². The van der Waals surface area contributed by atoms with Crippen molar-refractivity contribution in [3.8, 4) is 0 Å². The molecule has 7 heteroatoms. The minimum Gasteiger partial charge on any atom is -0.481 e. The number of likely N-dealkylation sites (N-methyl/N-ethyl adjacent to an activating group) is 1. The molecule has 0 heterocycles. The van der Waals surface area contributed by atoms with Gasteiger partial charge in [-0.05, 0) is 6.92 Å². The zero-order chi connectivity index (χ0) is 19.6. The van der Waals surface area contributed by atoms with Crippen LogP contribution in [-0.2, 0) is 9.59 Å². The molecule has 0 aliphatic rings. The van der Waals surface area contributed by atoms with Gasteiger partial charge in [0.25, 0.3) is 0 Å². The maximum absolute atomic E-state index is 10.4. The lowest BCUT2D eigenvalue weighted by Gasteiger charge is -2.36. The van der Waals surface area contributed by atoms with Crippen LogP contribution in [0.15, 0.2) is 12.2 Å². The standard InChI is InChI=1S/C12H24N2O2.C5H11NO2/c1-10(2)9-13-11(3)14(4,5)8-6-7-12(15)16;1-6(2,3)4-5(7)8/h11,13H,1,6-9H2,2-5H3;4H2,1-3H3/p+2. The third-order valence-corrected chi connectivity index (χ3v) is 3.48. The van der Waals surface area contributed by atoms with Crippen LogP contribution in [0.4, 0.5) is 0 Å². The minimum absolute atomic E-state index is 0.181. The molecule has 0 radical (unpaired) electrons. The van der Waals surface area contributed by atoms with Crippen molar-refractivity contribution in [2.24, 2.45) is 0 Å². The first-order valence-electron chi connectivity index (χ1n) is 8.12. The fourth-order valence-electron chi connectivity index (χ4n) is 1.81. The van der Waals surface area contributed by atoms with Crippen LogP contribution in [0.2, 0.25) is 0 Å². The van der Waals surface area contributed by atoms with E-state index in [2.05, 4.69) is 32.9 Å². The summed E-state index contributed by atoms with van der Waals surface area (Å²) >= 11 is 0. The largest absolute Gasteiger partial charge is 0.481 e. The Morgan fingerprint density at radius 3 is 1.88 bits per heavy atom. The summed E-state index contributed by atoms with van der Waals surface area (Å²) in [5, 5.41) is 20.2. The summed E-state index contributed by atoms with van der Waals surface area (Å²) in [5.41, 5.74) is 1.11. The first-order valence-corrected chi connectivity index (χ1v) is 8.12. The van der Waals surface area contributed by atoms with Gasteiger partial charge in [0.15, 0.2) is 6.54 Å². The summed E-state index contributed by atoms with van der Waals surface area (Å²) in [6.45, 7) is 9.80. The van der Waals surface area contributed by atoms with Gasteiger partial charge in [0.05, 0.1) is 48.2 Å². The number of aliphatic carboxylic acids is 2. The molecule has 142 valence electrons. The normalized spacial score (nSPS) is 12.8. The summed E-state index contributed by atoms with van der Waals surface area (Å²) in [6, 6.07) is 0. The van der Waals surface area contributed by atoms with E-state index in [-0.39, 0.29) is 13.0 Å². The van der Waals surface area contributed by atoms with Crippen LogP contribution in [-0.4, -0.2) is 92.2 Å². The average molecular weight is 348 g/mol. The lowest BCUT2D eigenvalue weighted by molar-refractivity contribution is -0.916. The van der Waals surface area contributed by atoms with Gasteiger partial charge in [-0.2, -0.15) is 0 Å². The third kappa shape index (κ3) is 16.9. The van der Waals surface area contributed by atoms with E-state index in [1.807, 2.05) is 28.1 Å². The molecular formula is C17H37N3O4+2. The molecule has 0 aromatic carbocycles. The Labute approximate surface area is 146 Å². The van der Waals surface area contributed by atoms with E-state index in [1.165, 1.54) is 0 Å². The molecule has 0 aliphatic carbocycles. The highest BCUT2D eigenvalue weighted by atomic mass is 16.4. The molecule has 0 bridgehead atoms. The monoisotopic (exact) mass is 347 g/mol. The zero-order valence-electron chi connectivity index (χ0n) is 16.4. The molecule has 0 aromatic rings. The highest BCUT2D eigenvalue weighted by Crippen LogP contribution is 2.07. The molecular weight excluding hydrogens is 310 g/mol. The molecule has 0 saturated heterocycles. The van der Waals surface area contributed by atoms with E-state index in [0.717, 1.165) is 23.1 Å². The Bertz CT molecular complexity index is 415. The van der Waals surface area contributed by atoms with Gasteiger partial charge in [-0.3, -0.25) is 10.1 Å². The maximum Gasteiger partial charge on any atom is 0.359 e. The highest BCUT2D eigenvalue weighted by Gasteiger charge is 2.23. The molecule has 0 rings (SSSR count). The second kappa shape index (κ2) is 11.2. The van der Waals surface area contributed by atoms with E-state index in [1.54, 1.807) is 0 Å². The van der Waals surface area contributed by atoms with Gasteiger partial charge in [0.1, 0.15) is 6.17 Å². The van der Waals surface area contributed by atoms with Crippen molar-refractivity contribution in [1.82, 2.24) is 5.32 Å². The Morgan fingerprint density at radius 2 is 1.58 bits per heavy atom. The molecule has 0 spiro atoms. The smallest absolute Gasteiger partial charge is 0.359 e. The van der Waals surface area contributed by atoms with Crippen molar-refractivity contribution in [3.63, 3.8) is 0 Å². The number of nitrogens with one attached hydrogen (secondary N) is 1. The lowest BCUT2D eigenvalue weighted by Crippen LogP contribution is -2.55. The van der Waals surface area contributed by atoms with Crippen LogP contribution >= 0.6 is 0 Å². The number of hydrogen-bond acceptors (Lipinski definition) is 3. The summed E-state index contributed by atoms with van der Waals surface area (Å²) in [4.78, 5) is 20.4. The lowest BCUT2D eigenvalue weighted by atomic mass is 10.2. The predicted octanol–water partition coefficient (Wildman–Crippen LogP) is 1.22. The molecule has 0 fully saturated rings. The second-order valence-electron chi connectivity index (χ2n) is 7.86. The molecule has 0 aliphatic heterocycles. The Hall–Kier alpha value is -1.44. The van der Waals surface area contributed by atoms with Gasteiger partial charge in [-0.1, -0.05) is 12.2 Å².